The van der Waals surface area contributed by atoms with Crippen LogP contribution in [0.1, 0.15) is 24.2 Å². The molecule has 2 aromatic rings. The van der Waals surface area contributed by atoms with Crippen LogP contribution in [0.25, 0.3) is 0 Å². The molecule has 0 aliphatic carbocycles. The number of nitrogens with one attached hydrogen (secondary N) is 3. The third kappa shape index (κ3) is 5.34. The molecule has 2 rings (SSSR count). The van der Waals surface area contributed by atoms with Crippen LogP contribution in [0.2, 0.25) is 0 Å². The molecule has 0 saturated carbocycles. The van der Waals surface area contributed by atoms with Gasteiger partial charge in [0.05, 0.1) is 18.3 Å². The predicted molar refractivity (Wildman–Crippen MR) is 96.7 cm³/mol. The summed E-state index contributed by atoms with van der Waals surface area (Å²) in [4.78, 5) is 28.0. The van der Waals surface area contributed by atoms with E-state index in [-0.39, 0.29) is 18.5 Å². The van der Waals surface area contributed by atoms with Crippen molar-refractivity contribution in [3.8, 4) is 0 Å². The Labute approximate surface area is 149 Å². The van der Waals surface area contributed by atoms with E-state index in [1.165, 1.54) is 0 Å². The van der Waals surface area contributed by atoms with Crippen molar-refractivity contribution in [3.05, 3.63) is 58.3 Å². The lowest BCUT2D eigenvalue weighted by Crippen LogP contribution is -2.41. The Bertz CT molecular complexity index is 722. The van der Waals surface area contributed by atoms with E-state index in [4.69, 9.17) is 0 Å². The van der Waals surface area contributed by atoms with Crippen molar-refractivity contribution in [2.45, 2.75) is 19.9 Å². The van der Waals surface area contributed by atoms with Gasteiger partial charge in [-0.15, -0.1) is 0 Å². The highest BCUT2D eigenvalue weighted by molar-refractivity contribution is 9.10. The van der Waals surface area contributed by atoms with Crippen molar-refractivity contribution in [3.63, 3.8) is 0 Å². The van der Waals surface area contributed by atoms with Crippen molar-refractivity contribution >= 4 is 33.6 Å². The summed E-state index contributed by atoms with van der Waals surface area (Å²) in [6, 6.07) is 10.4. The van der Waals surface area contributed by atoms with Gasteiger partial charge in [-0.25, -0.2) is 4.79 Å². The zero-order chi connectivity index (χ0) is 17.5. The molecule has 3 amide bonds. The molecule has 1 aromatic heterocycles. The zero-order valence-electron chi connectivity index (χ0n) is 13.5. The summed E-state index contributed by atoms with van der Waals surface area (Å²) >= 11 is 3.37. The van der Waals surface area contributed by atoms with Gasteiger partial charge in [-0.1, -0.05) is 22.0 Å². The number of aromatic nitrogens is 1. The number of hydrogen-bond acceptors (Lipinski definition) is 3. The van der Waals surface area contributed by atoms with Crippen LogP contribution in [0, 0.1) is 6.92 Å². The molecule has 0 aliphatic heterocycles. The van der Waals surface area contributed by atoms with Gasteiger partial charge in [0, 0.05) is 16.4 Å². The van der Waals surface area contributed by atoms with E-state index < -0.39 is 6.03 Å². The fraction of sp³-hybridized carbons (Fsp3) is 0.235. The number of amides is 3. The number of anilines is 1. The van der Waals surface area contributed by atoms with E-state index >= 15 is 0 Å². The van der Waals surface area contributed by atoms with Gasteiger partial charge in [0.2, 0.25) is 5.91 Å². The molecule has 1 aromatic carbocycles. The Morgan fingerprint density at radius 2 is 2.04 bits per heavy atom. The maximum Gasteiger partial charge on any atom is 0.315 e. The van der Waals surface area contributed by atoms with E-state index in [0.717, 1.165) is 15.7 Å². The van der Waals surface area contributed by atoms with E-state index in [2.05, 4.69) is 36.9 Å². The van der Waals surface area contributed by atoms with Crippen LogP contribution in [-0.4, -0.2) is 23.5 Å². The Morgan fingerprint density at radius 3 is 2.71 bits per heavy atom. The van der Waals surface area contributed by atoms with Crippen LogP contribution in [0.15, 0.2) is 47.1 Å². The molecule has 126 valence electrons. The molecule has 0 aliphatic rings. The second-order valence-electron chi connectivity index (χ2n) is 5.31. The largest absolute Gasteiger partial charge is 0.330 e. The number of carbonyl (C=O) groups is 2. The average molecular weight is 391 g/mol. The van der Waals surface area contributed by atoms with Crippen molar-refractivity contribution in [1.82, 2.24) is 15.6 Å². The molecular weight excluding hydrogens is 372 g/mol. The predicted octanol–water partition coefficient (Wildman–Crippen LogP) is 3.15. The standard InChI is InChI=1S/C17H19BrN4O2/c1-11-9-13(18)6-7-14(11)22-16(23)10-20-17(24)21-12(2)15-5-3-4-8-19-15/h3-9,12H,10H2,1-2H3,(H,22,23)(H2,20,21,24)/t12-/m1/s1. The lowest BCUT2D eigenvalue weighted by molar-refractivity contribution is -0.115. The third-order valence-corrected chi connectivity index (χ3v) is 3.84. The summed E-state index contributed by atoms with van der Waals surface area (Å²) in [5, 5.41) is 8.03. The molecule has 0 radical (unpaired) electrons. The highest BCUT2D eigenvalue weighted by Gasteiger charge is 2.11. The Balaban J connectivity index is 1.80. The monoisotopic (exact) mass is 390 g/mol. The lowest BCUT2D eigenvalue weighted by atomic mass is 10.2. The molecule has 0 unspecified atom stereocenters. The minimum atomic E-state index is -0.421. The Kier molecular flexibility index (Phi) is 6.31. The first-order chi connectivity index (χ1) is 11.5. The minimum absolute atomic E-state index is 0.115. The number of rotatable bonds is 5. The van der Waals surface area contributed by atoms with Crippen LogP contribution >= 0.6 is 15.9 Å². The first-order valence-corrected chi connectivity index (χ1v) is 8.26. The fourth-order valence-electron chi connectivity index (χ4n) is 2.08. The molecule has 7 heteroatoms. The van der Waals surface area contributed by atoms with Gasteiger partial charge in [-0.05, 0) is 49.7 Å². The highest BCUT2D eigenvalue weighted by Crippen LogP contribution is 2.19. The second-order valence-corrected chi connectivity index (χ2v) is 6.23. The van der Waals surface area contributed by atoms with Crippen LogP contribution < -0.4 is 16.0 Å². The van der Waals surface area contributed by atoms with Gasteiger partial charge in [0.25, 0.3) is 0 Å². The molecule has 0 spiro atoms. The topological polar surface area (TPSA) is 83.1 Å². The number of hydrogen-bond donors (Lipinski definition) is 3. The summed E-state index contributed by atoms with van der Waals surface area (Å²) in [6.45, 7) is 3.61. The normalized spacial score (nSPS) is 11.5. The average Bonchev–Trinajstić information content (AvgIpc) is 2.56. The third-order valence-electron chi connectivity index (χ3n) is 3.35. The molecule has 3 N–H and O–H groups in total. The smallest absolute Gasteiger partial charge is 0.315 e. The van der Waals surface area contributed by atoms with Crippen LogP contribution in [0.3, 0.4) is 0 Å². The van der Waals surface area contributed by atoms with Crippen molar-refractivity contribution in [2.75, 3.05) is 11.9 Å². The number of aryl methyl sites for hydroxylation is 1. The van der Waals surface area contributed by atoms with E-state index in [1.54, 1.807) is 12.3 Å². The lowest BCUT2D eigenvalue weighted by Gasteiger charge is -2.14. The van der Waals surface area contributed by atoms with Gasteiger partial charge in [-0.2, -0.15) is 0 Å². The Morgan fingerprint density at radius 1 is 1.25 bits per heavy atom. The molecule has 6 nitrogen and oxygen atoms in total. The quantitative estimate of drug-likeness (QED) is 0.732. The number of carbonyl (C=O) groups excluding carboxylic acids is 2. The Hall–Kier alpha value is -2.41. The molecule has 24 heavy (non-hydrogen) atoms. The first kappa shape index (κ1) is 17.9. The maximum atomic E-state index is 11.9. The van der Waals surface area contributed by atoms with E-state index in [1.807, 2.05) is 44.2 Å². The fourth-order valence-corrected chi connectivity index (χ4v) is 2.55. The van der Waals surface area contributed by atoms with Crippen molar-refractivity contribution in [2.24, 2.45) is 0 Å². The summed E-state index contributed by atoms with van der Waals surface area (Å²) in [6.07, 6.45) is 1.67. The van der Waals surface area contributed by atoms with Gasteiger partial charge in [-0.3, -0.25) is 9.78 Å². The number of halogens is 1. The van der Waals surface area contributed by atoms with Crippen LogP contribution in [0.4, 0.5) is 10.5 Å². The summed E-state index contributed by atoms with van der Waals surface area (Å²) in [7, 11) is 0. The number of nitrogens with zero attached hydrogens (tertiary/aromatic N) is 1. The minimum Gasteiger partial charge on any atom is -0.330 e. The molecule has 0 bridgehead atoms. The first-order valence-electron chi connectivity index (χ1n) is 7.47. The maximum absolute atomic E-state index is 11.9. The number of pyridine rings is 1. The summed E-state index contributed by atoms with van der Waals surface area (Å²) in [5.74, 6) is -0.291. The van der Waals surface area contributed by atoms with Gasteiger partial charge in [0.15, 0.2) is 0 Å². The SMILES string of the molecule is Cc1cc(Br)ccc1NC(=O)CNC(=O)N[C@H](C)c1ccccn1. The van der Waals surface area contributed by atoms with Crippen LogP contribution in [0.5, 0.6) is 0 Å². The second kappa shape index (κ2) is 8.44. The zero-order valence-corrected chi connectivity index (χ0v) is 15.1. The molecule has 1 atom stereocenters. The van der Waals surface area contributed by atoms with Crippen LogP contribution in [-0.2, 0) is 4.79 Å². The molecule has 0 fully saturated rings. The summed E-state index contributed by atoms with van der Waals surface area (Å²) in [5.41, 5.74) is 2.40. The van der Waals surface area contributed by atoms with Gasteiger partial charge in [0.1, 0.15) is 0 Å². The molecule has 1 heterocycles. The molecule has 0 saturated heterocycles. The van der Waals surface area contributed by atoms with E-state index in [0.29, 0.717) is 5.69 Å². The number of urea groups is 1. The van der Waals surface area contributed by atoms with Gasteiger partial charge >= 0.3 is 6.03 Å². The molecular formula is C17H19BrN4O2. The highest BCUT2D eigenvalue weighted by atomic mass is 79.9. The van der Waals surface area contributed by atoms with E-state index in [9.17, 15) is 9.59 Å². The van der Waals surface area contributed by atoms with Crippen molar-refractivity contribution in [1.29, 1.82) is 0 Å². The summed E-state index contributed by atoms with van der Waals surface area (Å²) < 4.78 is 0.944. The number of benzene rings is 1. The van der Waals surface area contributed by atoms with Crippen molar-refractivity contribution < 1.29 is 9.59 Å². The van der Waals surface area contributed by atoms with Gasteiger partial charge < -0.3 is 16.0 Å².